The molecule has 16 heteroatoms. The van der Waals surface area contributed by atoms with E-state index < -0.39 is 102 Å². The van der Waals surface area contributed by atoms with Crippen molar-refractivity contribution >= 4 is 23.3 Å². The second-order valence-electron chi connectivity index (χ2n) is 16.1. The molecule has 16 nitrogen and oxygen atoms in total. The molecule has 2 saturated heterocycles. The summed E-state index contributed by atoms with van der Waals surface area (Å²) in [5.41, 5.74) is -2.49. The van der Waals surface area contributed by atoms with Gasteiger partial charge in [-0.3, -0.25) is 19.2 Å². The first-order valence-electron chi connectivity index (χ1n) is 19.7. The molecule has 0 spiro atoms. The number of carbonyl (C=O) groups is 4. The van der Waals surface area contributed by atoms with E-state index in [1.165, 1.54) is 43.5 Å². The lowest BCUT2D eigenvalue weighted by Crippen LogP contribution is -3.12. The van der Waals surface area contributed by atoms with Gasteiger partial charge in [0, 0.05) is 29.5 Å². The molecule has 5 N–H and O–H groups in total. The molecular weight excluding hydrogens is 758 g/mol. The van der Waals surface area contributed by atoms with Crippen molar-refractivity contribution in [3.05, 3.63) is 69.8 Å². The van der Waals surface area contributed by atoms with Crippen LogP contribution in [0.3, 0.4) is 0 Å². The summed E-state index contributed by atoms with van der Waals surface area (Å²) in [6, 6.07) is 5.18. The number of ether oxygens (including phenoxy) is 7. The van der Waals surface area contributed by atoms with Crippen molar-refractivity contribution in [1.82, 2.24) is 0 Å². The first-order chi connectivity index (χ1) is 27.5. The maximum Gasteiger partial charge on any atom is 0.316 e. The smallest absolute Gasteiger partial charge is 0.316 e. The minimum atomic E-state index is -1.76. The van der Waals surface area contributed by atoms with Crippen molar-refractivity contribution in [3.8, 4) is 11.5 Å². The minimum Gasteiger partial charge on any atom is -0.507 e. The fourth-order valence-corrected chi connectivity index (χ4v) is 9.10. The summed E-state index contributed by atoms with van der Waals surface area (Å²) < 4.78 is 42.5. The fourth-order valence-electron chi connectivity index (χ4n) is 9.10. The Kier molecular flexibility index (Phi) is 11.7. The third kappa shape index (κ3) is 7.39. The summed E-state index contributed by atoms with van der Waals surface area (Å²) >= 11 is 0. The molecule has 7 rings (SSSR count). The number of rotatable bonds is 9. The SMILES string of the molecule is CC[C@@]1(O)C[C@H](O[C@H]2C[C@H]([NH+](C)C)[C@H](O[C@H]3C[C@H](O)[C@H](O[C@H]4C=CC(=O)[C@H](C)O4)[C@H](C)O3)[C@H](C)O2)c2c(cc3c(c2O)C(=O)c2c(O)cccc2C3=O)[C@H]1C(=O)OC. The predicted octanol–water partition coefficient (Wildman–Crippen LogP) is 1.52. The molecular formula is C42H52NO15+. The fraction of sp³-hybridized carbons (Fsp3) is 0.571. The number of hydrogen-bond donors (Lipinski definition) is 5. The summed E-state index contributed by atoms with van der Waals surface area (Å²) in [4.78, 5) is 54.0. The first-order valence-corrected chi connectivity index (χ1v) is 19.7. The van der Waals surface area contributed by atoms with Crippen LogP contribution in [0.1, 0.15) is 108 Å². The van der Waals surface area contributed by atoms with Gasteiger partial charge in [-0.05, 0) is 57.0 Å². The van der Waals surface area contributed by atoms with Gasteiger partial charge in [-0.1, -0.05) is 19.1 Å². The molecule has 314 valence electrons. The van der Waals surface area contributed by atoms with Crippen LogP contribution < -0.4 is 4.90 Å². The van der Waals surface area contributed by atoms with Gasteiger partial charge in [-0.15, -0.1) is 0 Å². The molecule has 2 fully saturated rings. The van der Waals surface area contributed by atoms with Crippen LogP contribution in [0.25, 0.3) is 0 Å². The van der Waals surface area contributed by atoms with E-state index in [1.807, 2.05) is 21.0 Å². The van der Waals surface area contributed by atoms with Gasteiger partial charge in [0.1, 0.15) is 41.8 Å². The number of ketones is 3. The third-order valence-electron chi connectivity index (χ3n) is 12.2. The van der Waals surface area contributed by atoms with Crippen LogP contribution in [0.4, 0.5) is 0 Å². The van der Waals surface area contributed by atoms with Gasteiger partial charge >= 0.3 is 5.97 Å². The summed E-state index contributed by atoms with van der Waals surface area (Å²) in [6.07, 6.45) is -4.75. The molecule has 5 aliphatic rings. The van der Waals surface area contributed by atoms with Crippen LogP contribution in [0.15, 0.2) is 36.4 Å². The molecule has 0 bridgehead atoms. The van der Waals surface area contributed by atoms with E-state index in [4.69, 9.17) is 33.2 Å². The number of benzene rings is 2. The number of aliphatic hydroxyl groups excluding tert-OH is 1. The highest BCUT2D eigenvalue weighted by Crippen LogP contribution is 2.54. The van der Waals surface area contributed by atoms with Gasteiger partial charge < -0.3 is 58.5 Å². The van der Waals surface area contributed by atoms with E-state index >= 15 is 0 Å². The van der Waals surface area contributed by atoms with E-state index in [9.17, 15) is 39.6 Å². The second kappa shape index (κ2) is 16.2. The minimum absolute atomic E-state index is 0.0289. The lowest BCUT2D eigenvalue weighted by atomic mass is 9.67. The number of methoxy groups -OCH3 is 1. The molecule has 0 saturated carbocycles. The number of carbonyl (C=O) groups excluding carboxylic acids is 4. The molecule has 0 radical (unpaired) electrons. The number of likely N-dealkylation sites (N-methyl/N-ethyl adjacent to an activating group) is 1. The summed E-state index contributed by atoms with van der Waals surface area (Å²) in [6.45, 7) is 6.89. The normalized spacial score (nSPS) is 36.0. The Morgan fingerprint density at radius 1 is 0.914 bits per heavy atom. The van der Waals surface area contributed by atoms with Crippen molar-refractivity contribution in [2.45, 2.75) is 133 Å². The summed E-state index contributed by atoms with van der Waals surface area (Å²) in [5.74, 6) is -4.77. The zero-order valence-electron chi connectivity index (χ0n) is 33.5. The Labute approximate surface area is 335 Å². The maximum atomic E-state index is 13.9. The molecule has 2 aromatic carbocycles. The second-order valence-corrected chi connectivity index (χ2v) is 16.1. The number of quaternary nitrogens is 1. The average Bonchev–Trinajstić information content (AvgIpc) is 3.17. The van der Waals surface area contributed by atoms with Gasteiger partial charge in [-0.25, -0.2) is 0 Å². The number of hydrogen-bond acceptors (Lipinski definition) is 15. The third-order valence-corrected chi connectivity index (χ3v) is 12.2. The quantitative estimate of drug-likeness (QED) is 0.194. The van der Waals surface area contributed by atoms with Crippen LogP contribution in [0.2, 0.25) is 0 Å². The van der Waals surface area contributed by atoms with Gasteiger partial charge in [0.05, 0.1) is 68.8 Å². The number of phenols is 2. The Hall–Kier alpha value is -4.10. The lowest BCUT2D eigenvalue weighted by Gasteiger charge is -2.47. The monoisotopic (exact) mass is 810 g/mol. The number of aromatic hydroxyl groups is 2. The summed E-state index contributed by atoms with van der Waals surface area (Å²) in [5, 5.41) is 45.8. The molecule has 0 unspecified atom stereocenters. The molecule has 0 aromatic heterocycles. The highest BCUT2D eigenvalue weighted by molar-refractivity contribution is 6.30. The van der Waals surface area contributed by atoms with Crippen molar-refractivity contribution in [3.63, 3.8) is 0 Å². The van der Waals surface area contributed by atoms with Crippen LogP contribution in [0.5, 0.6) is 11.5 Å². The van der Waals surface area contributed by atoms with E-state index in [0.717, 1.165) is 4.90 Å². The lowest BCUT2D eigenvalue weighted by molar-refractivity contribution is -0.894. The van der Waals surface area contributed by atoms with Crippen LogP contribution in [-0.2, 0) is 42.7 Å². The Balaban J connectivity index is 1.14. The predicted molar refractivity (Wildman–Crippen MR) is 200 cm³/mol. The van der Waals surface area contributed by atoms with E-state index in [1.54, 1.807) is 20.8 Å². The zero-order valence-corrected chi connectivity index (χ0v) is 33.5. The van der Waals surface area contributed by atoms with Gasteiger partial charge in [0.15, 0.2) is 30.4 Å². The van der Waals surface area contributed by atoms with Crippen molar-refractivity contribution in [1.29, 1.82) is 0 Å². The number of aliphatic hydroxyl groups is 2. The van der Waals surface area contributed by atoms with Crippen molar-refractivity contribution in [2.24, 2.45) is 0 Å². The highest BCUT2D eigenvalue weighted by atomic mass is 16.7. The van der Waals surface area contributed by atoms with Gasteiger partial charge in [0.25, 0.3) is 0 Å². The Morgan fingerprint density at radius 3 is 2.24 bits per heavy atom. The van der Waals surface area contributed by atoms with Crippen LogP contribution in [-0.4, -0.2) is 132 Å². The number of esters is 1. The molecule has 13 atom stereocenters. The van der Waals surface area contributed by atoms with Crippen molar-refractivity contribution in [2.75, 3.05) is 21.2 Å². The molecule has 3 heterocycles. The Morgan fingerprint density at radius 2 is 1.60 bits per heavy atom. The van der Waals surface area contributed by atoms with Gasteiger partial charge in [0.2, 0.25) is 5.78 Å². The topological polar surface area (TPSA) is 218 Å². The largest absolute Gasteiger partial charge is 0.507 e. The maximum absolute atomic E-state index is 13.9. The van der Waals surface area contributed by atoms with Crippen LogP contribution in [0, 0.1) is 0 Å². The molecule has 0 amide bonds. The van der Waals surface area contributed by atoms with E-state index in [0.29, 0.717) is 0 Å². The standard InChI is InChI=1S/C42H51NO15/c1-8-42(51)17-28(33-22(35(42)41(50)52-7)14-23-34(38(33)49)37(48)32-21(36(23)47)10-9-11-26(32)45)56-30-15-24(43(5)6)39(19(3)54-30)58-31-16-27(46)40(20(4)55-31)57-29-13-12-25(44)18(2)53-29/h9-14,18-20,24,27-31,35,39-40,45-46,49,51H,8,15-17H2,1-7H3/p+1/t18-,19-,20-,24-,27-,28-,29-,30-,31-,35-,39+,40+,42+/m0/s1. The highest BCUT2D eigenvalue weighted by Gasteiger charge is 2.54. The van der Waals surface area contributed by atoms with Crippen LogP contribution >= 0.6 is 0 Å². The number of fused-ring (bicyclic) bond motifs is 3. The zero-order chi connectivity index (χ0) is 42.0. The summed E-state index contributed by atoms with van der Waals surface area (Å²) in [7, 11) is 5.07. The number of nitrogens with one attached hydrogen (secondary N) is 1. The molecule has 58 heavy (non-hydrogen) atoms. The number of phenolic OH excluding ortho intramolecular Hbond substituents is 2. The Bertz CT molecular complexity index is 1990. The molecule has 2 aromatic rings. The van der Waals surface area contributed by atoms with Gasteiger partial charge in [-0.2, -0.15) is 0 Å². The first kappa shape index (κ1) is 42.0. The van der Waals surface area contributed by atoms with Crippen molar-refractivity contribution < 1.29 is 77.7 Å². The van der Waals surface area contributed by atoms with E-state index in [-0.39, 0.29) is 70.9 Å². The average molecular weight is 811 g/mol. The molecule has 2 aliphatic carbocycles. The molecule has 3 aliphatic heterocycles. The van der Waals surface area contributed by atoms with E-state index in [2.05, 4.69) is 0 Å².